The van der Waals surface area contributed by atoms with Crippen LogP contribution >= 0.6 is 0 Å². The molecule has 0 radical (unpaired) electrons. The van der Waals surface area contributed by atoms with Crippen LogP contribution in [0.3, 0.4) is 0 Å². The van der Waals surface area contributed by atoms with Gasteiger partial charge < -0.3 is 9.90 Å². The molecule has 0 spiro atoms. The predicted octanol–water partition coefficient (Wildman–Crippen LogP) is 2.88. The number of fused-ring (bicyclic) bond motifs is 1. The SMILES string of the molecule is O=CC1C(O)c2ccccc2CC1c1ccccc1. The van der Waals surface area contributed by atoms with E-state index < -0.39 is 6.10 Å². The highest BCUT2D eigenvalue weighted by molar-refractivity contribution is 5.60. The van der Waals surface area contributed by atoms with Gasteiger partial charge in [0.2, 0.25) is 0 Å². The highest BCUT2D eigenvalue weighted by atomic mass is 16.3. The minimum Gasteiger partial charge on any atom is -0.388 e. The monoisotopic (exact) mass is 252 g/mol. The molecule has 2 nitrogen and oxygen atoms in total. The maximum Gasteiger partial charge on any atom is 0.126 e. The summed E-state index contributed by atoms with van der Waals surface area (Å²) in [6, 6.07) is 17.8. The van der Waals surface area contributed by atoms with Gasteiger partial charge in [0, 0.05) is 5.92 Å². The molecule has 0 saturated carbocycles. The van der Waals surface area contributed by atoms with E-state index in [4.69, 9.17) is 0 Å². The summed E-state index contributed by atoms with van der Waals surface area (Å²) in [7, 11) is 0. The van der Waals surface area contributed by atoms with Crippen molar-refractivity contribution in [2.45, 2.75) is 18.4 Å². The Balaban J connectivity index is 2.05. The zero-order valence-electron chi connectivity index (χ0n) is 10.6. The molecule has 0 bridgehead atoms. The van der Waals surface area contributed by atoms with Crippen molar-refractivity contribution >= 4 is 6.29 Å². The van der Waals surface area contributed by atoms with Crippen molar-refractivity contribution < 1.29 is 9.90 Å². The van der Waals surface area contributed by atoms with Gasteiger partial charge in [0.15, 0.2) is 0 Å². The molecular weight excluding hydrogens is 236 g/mol. The Morgan fingerprint density at radius 1 is 1.00 bits per heavy atom. The Morgan fingerprint density at radius 2 is 1.68 bits per heavy atom. The molecule has 0 aliphatic heterocycles. The molecule has 3 atom stereocenters. The summed E-state index contributed by atoms with van der Waals surface area (Å²) in [6.45, 7) is 0. The number of aliphatic hydroxyl groups is 1. The van der Waals surface area contributed by atoms with Gasteiger partial charge in [0.25, 0.3) is 0 Å². The highest BCUT2D eigenvalue weighted by Crippen LogP contribution is 2.42. The molecule has 0 saturated heterocycles. The van der Waals surface area contributed by atoms with E-state index in [0.29, 0.717) is 0 Å². The van der Waals surface area contributed by atoms with E-state index in [-0.39, 0.29) is 11.8 Å². The number of aliphatic hydroxyl groups excluding tert-OH is 1. The third-order valence-electron chi connectivity index (χ3n) is 4.03. The molecule has 2 aromatic rings. The number of aldehydes is 1. The van der Waals surface area contributed by atoms with Crippen LogP contribution in [0, 0.1) is 5.92 Å². The summed E-state index contributed by atoms with van der Waals surface area (Å²) in [6.07, 6.45) is 1.01. The van der Waals surface area contributed by atoms with Gasteiger partial charge in [-0.2, -0.15) is 0 Å². The summed E-state index contributed by atoms with van der Waals surface area (Å²) in [5.41, 5.74) is 3.15. The van der Waals surface area contributed by atoms with Gasteiger partial charge in [0.05, 0.1) is 12.0 Å². The smallest absolute Gasteiger partial charge is 0.126 e. The van der Waals surface area contributed by atoms with Gasteiger partial charge in [-0.15, -0.1) is 0 Å². The van der Waals surface area contributed by atoms with Crippen molar-refractivity contribution in [3.8, 4) is 0 Å². The first kappa shape index (κ1) is 12.1. The second-order valence-electron chi connectivity index (χ2n) is 5.08. The van der Waals surface area contributed by atoms with Crippen molar-refractivity contribution in [1.82, 2.24) is 0 Å². The predicted molar refractivity (Wildman–Crippen MR) is 73.8 cm³/mol. The third kappa shape index (κ3) is 2.08. The number of hydrogen-bond acceptors (Lipinski definition) is 2. The Kier molecular flexibility index (Phi) is 3.18. The first-order chi connectivity index (χ1) is 9.31. The topological polar surface area (TPSA) is 37.3 Å². The molecule has 3 rings (SSSR count). The van der Waals surface area contributed by atoms with E-state index >= 15 is 0 Å². The Morgan fingerprint density at radius 3 is 2.42 bits per heavy atom. The zero-order chi connectivity index (χ0) is 13.2. The largest absolute Gasteiger partial charge is 0.388 e. The van der Waals surface area contributed by atoms with Crippen molar-refractivity contribution in [3.63, 3.8) is 0 Å². The van der Waals surface area contributed by atoms with Crippen LogP contribution in [-0.2, 0) is 11.2 Å². The number of rotatable bonds is 2. The lowest BCUT2D eigenvalue weighted by Gasteiger charge is -2.34. The molecule has 0 fully saturated rings. The Hall–Kier alpha value is -1.93. The lowest BCUT2D eigenvalue weighted by molar-refractivity contribution is -0.115. The van der Waals surface area contributed by atoms with E-state index in [0.717, 1.165) is 29.4 Å². The molecule has 19 heavy (non-hydrogen) atoms. The van der Waals surface area contributed by atoms with Crippen molar-refractivity contribution in [2.24, 2.45) is 5.92 Å². The Labute approximate surface area is 112 Å². The first-order valence-electron chi connectivity index (χ1n) is 6.57. The van der Waals surface area contributed by atoms with Crippen LogP contribution in [0.5, 0.6) is 0 Å². The standard InChI is InChI=1S/C17H16O2/c18-11-16-15(12-6-2-1-3-7-12)10-13-8-4-5-9-14(13)17(16)19/h1-9,11,15-17,19H,10H2. The lowest BCUT2D eigenvalue weighted by Crippen LogP contribution is -2.29. The molecule has 1 aliphatic rings. The Bertz CT molecular complexity index is 577. The second kappa shape index (κ2) is 4.98. The number of carbonyl (C=O) groups is 1. The fourth-order valence-electron chi connectivity index (χ4n) is 3.02. The van der Waals surface area contributed by atoms with Gasteiger partial charge in [-0.3, -0.25) is 0 Å². The fourth-order valence-corrected chi connectivity index (χ4v) is 3.02. The van der Waals surface area contributed by atoms with Gasteiger partial charge in [0.1, 0.15) is 6.29 Å². The van der Waals surface area contributed by atoms with Crippen LogP contribution in [0.2, 0.25) is 0 Å². The summed E-state index contributed by atoms with van der Waals surface area (Å²) in [4.78, 5) is 11.4. The summed E-state index contributed by atoms with van der Waals surface area (Å²) in [5, 5.41) is 10.4. The second-order valence-corrected chi connectivity index (χ2v) is 5.08. The molecule has 1 N–H and O–H groups in total. The maximum atomic E-state index is 11.4. The fraction of sp³-hybridized carbons (Fsp3) is 0.235. The normalized spacial score (nSPS) is 25.6. The number of benzene rings is 2. The molecular formula is C17H16O2. The van der Waals surface area contributed by atoms with E-state index in [1.807, 2.05) is 54.6 Å². The molecule has 2 heteroatoms. The molecule has 0 aromatic heterocycles. The minimum atomic E-state index is -0.701. The zero-order valence-corrected chi connectivity index (χ0v) is 10.6. The van der Waals surface area contributed by atoms with Crippen molar-refractivity contribution in [2.75, 3.05) is 0 Å². The minimum absolute atomic E-state index is 0.0589. The molecule has 0 heterocycles. The van der Waals surface area contributed by atoms with Crippen LogP contribution in [0.4, 0.5) is 0 Å². The molecule has 0 amide bonds. The van der Waals surface area contributed by atoms with Crippen LogP contribution in [0.25, 0.3) is 0 Å². The molecule has 1 aliphatic carbocycles. The van der Waals surface area contributed by atoms with E-state index in [1.165, 1.54) is 0 Å². The summed E-state index contributed by atoms with van der Waals surface area (Å²) in [5.74, 6) is -0.305. The first-order valence-corrected chi connectivity index (χ1v) is 6.57. The molecule has 96 valence electrons. The van der Waals surface area contributed by atoms with Crippen molar-refractivity contribution in [3.05, 3.63) is 71.3 Å². The quantitative estimate of drug-likeness (QED) is 0.834. The molecule has 2 aromatic carbocycles. The van der Waals surface area contributed by atoms with E-state index in [1.54, 1.807) is 0 Å². The van der Waals surface area contributed by atoms with Gasteiger partial charge in [-0.25, -0.2) is 0 Å². The highest BCUT2D eigenvalue weighted by Gasteiger charge is 2.36. The third-order valence-corrected chi connectivity index (χ3v) is 4.03. The summed E-state index contributed by atoms with van der Waals surface area (Å²) < 4.78 is 0. The summed E-state index contributed by atoms with van der Waals surface area (Å²) >= 11 is 0. The van der Waals surface area contributed by atoms with Crippen LogP contribution < -0.4 is 0 Å². The van der Waals surface area contributed by atoms with Gasteiger partial charge in [-0.1, -0.05) is 54.6 Å². The molecule has 3 unspecified atom stereocenters. The average molecular weight is 252 g/mol. The van der Waals surface area contributed by atoms with E-state index in [9.17, 15) is 9.90 Å². The van der Waals surface area contributed by atoms with Crippen LogP contribution in [0.1, 0.15) is 28.7 Å². The van der Waals surface area contributed by atoms with Crippen LogP contribution in [0.15, 0.2) is 54.6 Å². The number of hydrogen-bond donors (Lipinski definition) is 1. The van der Waals surface area contributed by atoms with Gasteiger partial charge in [-0.05, 0) is 23.1 Å². The lowest BCUT2D eigenvalue weighted by atomic mass is 9.72. The van der Waals surface area contributed by atoms with Crippen LogP contribution in [-0.4, -0.2) is 11.4 Å². The van der Waals surface area contributed by atoms with Crippen molar-refractivity contribution in [1.29, 1.82) is 0 Å². The van der Waals surface area contributed by atoms with Gasteiger partial charge >= 0.3 is 0 Å². The average Bonchev–Trinajstić information content (AvgIpc) is 2.48. The number of carbonyl (C=O) groups excluding carboxylic acids is 1. The maximum absolute atomic E-state index is 11.4. The van der Waals surface area contributed by atoms with E-state index in [2.05, 4.69) is 0 Å².